The van der Waals surface area contributed by atoms with Crippen LogP contribution >= 0.6 is 0 Å². The number of hydrogen-bond donors (Lipinski definition) is 0. The largest absolute Gasteiger partial charge is 0.429 e. The Hall–Kier alpha value is -3.03. The third-order valence-corrected chi connectivity index (χ3v) is 6.31. The van der Waals surface area contributed by atoms with Gasteiger partial charge in [0, 0.05) is 17.7 Å². The highest BCUT2D eigenvalue weighted by Gasteiger charge is 2.40. The zero-order chi connectivity index (χ0) is 26.6. The number of rotatable bonds is 5. The average Bonchev–Trinajstić information content (AvgIpc) is 2.85. The molecule has 0 radical (unpaired) electrons. The van der Waals surface area contributed by atoms with E-state index in [0.717, 1.165) is 37.3 Å². The number of alkyl halides is 2. The quantitative estimate of drug-likeness (QED) is 0.244. The van der Waals surface area contributed by atoms with Crippen molar-refractivity contribution in [2.45, 2.75) is 58.5 Å². The van der Waals surface area contributed by atoms with Gasteiger partial charge in [0.25, 0.3) is 0 Å². The van der Waals surface area contributed by atoms with Crippen molar-refractivity contribution in [2.75, 3.05) is 0 Å². The number of benzene rings is 3. The second-order valence-corrected chi connectivity index (χ2v) is 8.69. The van der Waals surface area contributed by atoms with Gasteiger partial charge < -0.3 is 4.74 Å². The standard InChI is InChI=1S/C26H21F7O.C2H6/c1-14-2-4-15(5-3-14)16-6-8-17(9-7-16)19-10-11-20(24(30)23(19)29)26(32,33)34-18-12-21(27)25(31)22(28)13-18;1-2/h6-15H,2-5H2,1H3;1-2H3. The summed E-state index contributed by atoms with van der Waals surface area (Å²) in [5.41, 5.74) is -0.291. The Morgan fingerprint density at radius 3 is 1.83 bits per heavy atom. The molecule has 1 aliphatic rings. The molecular formula is C28H27F7O. The first-order valence-corrected chi connectivity index (χ1v) is 11.9. The van der Waals surface area contributed by atoms with Gasteiger partial charge in [-0.2, -0.15) is 8.78 Å². The Labute approximate surface area is 205 Å². The first-order chi connectivity index (χ1) is 17.1. The Kier molecular flexibility index (Phi) is 8.69. The maximum atomic E-state index is 14.8. The predicted molar refractivity (Wildman–Crippen MR) is 124 cm³/mol. The highest BCUT2D eigenvalue weighted by atomic mass is 19.3. The smallest absolute Gasteiger partial charge is 0.429 e. The van der Waals surface area contributed by atoms with Crippen molar-refractivity contribution < 1.29 is 35.5 Å². The fraction of sp³-hybridized carbons (Fsp3) is 0.357. The van der Waals surface area contributed by atoms with E-state index in [-0.39, 0.29) is 17.7 Å². The molecule has 1 aliphatic carbocycles. The lowest BCUT2D eigenvalue weighted by atomic mass is 9.79. The van der Waals surface area contributed by atoms with Gasteiger partial charge in [0.05, 0.1) is 0 Å². The number of ether oxygens (including phenoxy) is 1. The molecule has 4 rings (SSSR count). The summed E-state index contributed by atoms with van der Waals surface area (Å²) in [5.74, 6) is -8.79. The zero-order valence-corrected chi connectivity index (χ0v) is 20.2. The third kappa shape index (κ3) is 5.85. The molecule has 0 unspecified atom stereocenters. The molecule has 0 spiro atoms. The van der Waals surface area contributed by atoms with Crippen LogP contribution in [0.2, 0.25) is 0 Å². The Morgan fingerprint density at radius 2 is 1.28 bits per heavy atom. The lowest BCUT2D eigenvalue weighted by molar-refractivity contribution is -0.187. The summed E-state index contributed by atoms with van der Waals surface area (Å²) in [6.45, 7) is 6.21. The van der Waals surface area contributed by atoms with E-state index in [0.29, 0.717) is 23.5 Å². The molecule has 1 nitrogen and oxygen atoms in total. The van der Waals surface area contributed by atoms with Crippen LogP contribution in [-0.4, -0.2) is 0 Å². The average molecular weight is 513 g/mol. The minimum absolute atomic E-state index is 0.184. The molecule has 194 valence electrons. The molecule has 3 aromatic rings. The molecule has 0 heterocycles. The number of hydrogen-bond acceptors (Lipinski definition) is 1. The molecule has 0 aliphatic heterocycles. The molecule has 0 bridgehead atoms. The molecule has 8 heteroatoms. The second-order valence-electron chi connectivity index (χ2n) is 8.69. The number of halogens is 7. The summed E-state index contributed by atoms with van der Waals surface area (Å²) in [6.07, 6.45) is -0.130. The van der Waals surface area contributed by atoms with Crippen LogP contribution in [0.1, 0.15) is 63.5 Å². The van der Waals surface area contributed by atoms with E-state index in [1.165, 1.54) is 0 Å². The molecule has 0 aromatic heterocycles. The summed E-state index contributed by atoms with van der Waals surface area (Å²) < 4.78 is 102. The van der Waals surface area contributed by atoms with Crippen LogP contribution in [0, 0.1) is 35.0 Å². The first kappa shape index (κ1) is 27.6. The Morgan fingerprint density at radius 1 is 0.722 bits per heavy atom. The van der Waals surface area contributed by atoms with E-state index >= 15 is 0 Å². The van der Waals surface area contributed by atoms with Crippen LogP contribution < -0.4 is 4.74 Å². The summed E-state index contributed by atoms with van der Waals surface area (Å²) in [5, 5.41) is 0. The second kappa shape index (κ2) is 11.4. The van der Waals surface area contributed by atoms with E-state index in [1.807, 2.05) is 26.0 Å². The van der Waals surface area contributed by atoms with E-state index in [9.17, 15) is 30.7 Å². The van der Waals surface area contributed by atoms with Crippen LogP contribution in [-0.2, 0) is 6.11 Å². The third-order valence-electron chi connectivity index (χ3n) is 6.31. The van der Waals surface area contributed by atoms with Crippen LogP contribution in [0.4, 0.5) is 30.7 Å². The van der Waals surface area contributed by atoms with Gasteiger partial charge in [-0.25, -0.2) is 22.0 Å². The highest BCUT2D eigenvalue weighted by molar-refractivity contribution is 5.65. The predicted octanol–water partition coefficient (Wildman–Crippen LogP) is 9.50. The van der Waals surface area contributed by atoms with Gasteiger partial charge in [0.1, 0.15) is 11.3 Å². The topological polar surface area (TPSA) is 9.23 Å². The van der Waals surface area contributed by atoms with Crippen molar-refractivity contribution >= 4 is 0 Å². The molecular weight excluding hydrogens is 485 g/mol. The first-order valence-electron chi connectivity index (χ1n) is 11.9. The highest BCUT2D eigenvalue weighted by Crippen LogP contribution is 2.39. The van der Waals surface area contributed by atoms with Crippen LogP contribution in [0.5, 0.6) is 5.75 Å². The van der Waals surface area contributed by atoms with Crippen molar-refractivity contribution in [3.05, 3.63) is 88.7 Å². The van der Waals surface area contributed by atoms with Crippen molar-refractivity contribution in [2.24, 2.45) is 5.92 Å². The Bertz CT molecular complexity index is 1160. The van der Waals surface area contributed by atoms with Gasteiger partial charge in [-0.3, -0.25) is 0 Å². The molecule has 0 saturated heterocycles. The van der Waals surface area contributed by atoms with Gasteiger partial charge in [-0.05, 0) is 41.9 Å². The molecule has 0 atom stereocenters. The van der Waals surface area contributed by atoms with Gasteiger partial charge in [0.2, 0.25) is 0 Å². The van der Waals surface area contributed by atoms with E-state index in [4.69, 9.17) is 0 Å². The fourth-order valence-electron chi connectivity index (χ4n) is 4.32. The van der Waals surface area contributed by atoms with E-state index < -0.39 is 46.5 Å². The maximum absolute atomic E-state index is 14.8. The van der Waals surface area contributed by atoms with Crippen LogP contribution in [0.15, 0.2) is 48.5 Å². The van der Waals surface area contributed by atoms with Gasteiger partial charge in [-0.1, -0.05) is 63.9 Å². The van der Waals surface area contributed by atoms with Gasteiger partial charge in [0.15, 0.2) is 29.1 Å². The minimum atomic E-state index is -4.48. The van der Waals surface area contributed by atoms with Crippen molar-refractivity contribution in [1.82, 2.24) is 0 Å². The SMILES string of the molecule is CC.CC1CCC(c2ccc(-c3ccc(C(F)(F)Oc4cc(F)c(F)c(F)c4)c(F)c3F)cc2)CC1. The minimum Gasteiger partial charge on any atom is -0.429 e. The zero-order valence-electron chi connectivity index (χ0n) is 20.2. The molecule has 0 amide bonds. The molecule has 1 fully saturated rings. The lowest BCUT2D eigenvalue weighted by Crippen LogP contribution is -2.24. The Balaban J connectivity index is 0.00000176. The lowest BCUT2D eigenvalue weighted by Gasteiger charge is -2.26. The molecule has 1 saturated carbocycles. The normalized spacial score (nSPS) is 17.8. The van der Waals surface area contributed by atoms with Gasteiger partial charge >= 0.3 is 6.11 Å². The van der Waals surface area contributed by atoms with Crippen molar-refractivity contribution in [3.8, 4) is 16.9 Å². The van der Waals surface area contributed by atoms with Crippen molar-refractivity contribution in [1.29, 1.82) is 0 Å². The molecule has 0 N–H and O–H groups in total. The van der Waals surface area contributed by atoms with Crippen molar-refractivity contribution in [3.63, 3.8) is 0 Å². The molecule has 3 aromatic carbocycles. The monoisotopic (exact) mass is 512 g/mol. The van der Waals surface area contributed by atoms with Gasteiger partial charge in [-0.15, -0.1) is 0 Å². The van der Waals surface area contributed by atoms with Crippen LogP contribution in [0.25, 0.3) is 11.1 Å². The van der Waals surface area contributed by atoms with E-state index in [1.54, 1.807) is 12.1 Å². The van der Waals surface area contributed by atoms with Crippen LogP contribution in [0.3, 0.4) is 0 Å². The molecule has 36 heavy (non-hydrogen) atoms. The summed E-state index contributed by atoms with van der Waals surface area (Å²) in [6, 6.07) is 8.88. The summed E-state index contributed by atoms with van der Waals surface area (Å²) in [7, 11) is 0. The summed E-state index contributed by atoms with van der Waals surface area (Å²) >= 11 is 0. The maximum Gasteiger partial charge on any atom is 0.429 e. The summed E-state index contributed by atoms with van der Waals surface area (Å²) in [4.78, 5) is 0. The van der Waals surface area contributed by atoms with E-state index in [2.05, 4.69) is 11.7 Å². The fourth-order valence-corrected chi connectivity index (χ4v) is 4.32.